The van der Waals surface area contributed by atoms with E-state index in [0.717, 1.165) is 41.4 Å². The molecule has 1 amide bonds. The molecule has 5 rings (SSSR count). The molecule has 8 heteroatoms. The number of nitrogens with zero attached hydrogens (tertiary/aromatic N) is 6. The van der Waals surface area contributed by atoms with Gasteiger partial charge in [0.2, 0.25) is 5.95 Å². The minimum atomic E-state index is -0.129. The number of aryl methyl sites for hydroxylation is 3. The standard InChI is InChI=1S/C24H26N6OS/c1-15-5-6-18(21-25-8-4-9-26-21)19(11-15)22(31)29-10-7-24(32)14-30(20(24)13-29)23-27-16(2)12-17(3)28-23/h4-6,8-9,11-12,20,32H,7,10,13-14H2,1-3H3/t20-,24?/m0/s1. The zero-order valence-corrected chi connectivity index (χ0v) is 19.4. The fraction of sp³-hybridized carbons (Fsp3) is 0.375. The van der Waals surface area contributed by atoms with Crippen LogP contribution in [-0.4, -0.2) is 61.2 Å². The number of rotatable bonds is 3. The Morgan fingerprint density at radius 2 is 1.81 bits per heavy atom. The predicted octanol–water partition coefficient (Wildman–Crippen LogP) is 3.26. The maximum atomic E-state index is 13.7. The van der Waals surface area contributed by atoms with Crippen LogP contribution in [0.1, 0.15) is 33.7 Å². The van der Waals surface area contributed by atoms with Crippen LogP contribution in [0.3, 0.4) is 0 Å². The third kappa shape index (κ3) is 3.62. The number of aromatic nitrogens is 4. The molecule has 1 unspecified atom stereocenters. The maximum absolute atomic E-state index is 13.7. The molecule has 0 N–H and O–H groups in total. The van der Waals surface area contributed by atoms with Crippen molar-refractivity contribution in [3.8, 4) is 11.4 Å². The maximum Gasteiger partial charge on any atom is 0.254 e. The number of thiol groups is 1. The minimum absolute atomic E-state index is 0.000252. The van der Waals surface area contributed by atoms with Crippen molar-refractivity contribution in [2.24, 2.45) is 0 Å². The van der Waals surface area contributed by atoms with E-state index in [-0.39, 0.29) is 16.7 Å². The van der Waals surface area contributed by atoms with Gasteiger partial charge in [0, 0.05) is 49.0 Å². The fourth-order valence-corrected chi connectivity index (χ4v) is 5.17. The Balaban J connectivity index is 1.43. The van der Waals surface area contributed by atoms with Crippen molar-refractivity contribution >= 4 is 24.5 Å². The number of anilines is 1. The van der Waals surface area contributed by atoms with Crippen LogP contribution in [-0.2, 0) is 0 Å². The number of hydrogen-bond donors (Lipinski definition) is 1. The summed E-state index contributed by atoms with van der Waals surface area (Å²) in [6.45, 7) is 8.00. The lowest BCUT2D eigenvalue weighted by Crippen LogP contribution is -2.74. The third-order valence-electron chi connectivity index (χ3n) is 6.38. The number of carbonyl (C=O) groups is 1. The summed E-state index contributed by atoms with van der Waals surface area (Å²) in [5.41, 5.74) is 4.31. The monoisotopic (exact) mass is 446 g/mol. The Labute approximate surface area is 193 Å². The fourth-order valence-electron chi connectivity index (χ4n) is 4.70. The van der Waals surface area contributed by atoms with Gasteiger partial charge in [0.25, 0.3) is 5.91 Å². The number of amides is 1. The van der Waals surface area contributed by atoms with Gasteiger partial charge in [-0.1, -0.05) is 17.7 Å². The molecule has 0 aliphatic carbocycles. The van der Waals surface area contributed by atoms with Gasteiger partial charge in [-0.3, -0.25) is 4.79 Å². The lowest BCUT2D eigenvalue weighted by atomic mass is 9.81. The summed E-state index contributed by atoms with van der Waals surface area (Å²) in [6, 6.07) is 9.68. The van der Waals surface area contributed by atoms with Gasteiger partial charge < -0.3 is 9.80 Å². The van der Waals surface area contributed by atoms with Crippen LogP contribution in [0.25, 0.3) is 11.4 Å². The van der Waals surface area contributed by atoms with E-state index in [1.807, 2.05) is 49.9 Å². The molecule has 4 heterocycles. The first-order valence-corrected chi connectivity index (χ1v) is 11.3. The average molecular weight is 447 g/mol. The first-order valence-electron chi connectivity index (χ1n) is 10.8. The van der Waals surface area contributed by atoms with Gasteiger partial charge in [-0.15, -0.1) is 0 Å². The van der Waals surface area contributed by atoms with Crippen LogP contribution in [0.15, 0.2) is 42.7 Å². The molecule has 2 aromatic heterocycles. The van der Waals surface area contributed by atoms with E-state index in [2.05, 4.69) is 24.8 Å². The molecular formula is C24H26N6OS. The van der Waals surface area contributed by atoms with Crippen LogP contribution < -0.4 is 4.90 Å². The quantitative estimate of drug-likeness (QED) is 0.623. The zero-order valence-electron chi connectivity index (χ0n) is 18.5. The van der Waals surface area contributed by atoms with Crippen molar-refractivity contribution in [1.29, 1.82) is 0 Å². The van der Waals surface area contributed by atoms with Crippen molar-refractivity contribution in [3.63, 3.8) is 0 Å². The van der Waals surface area contributed by atoms with E-state index in [1.54, 1.807) is 18.5 Å². The van der Waals surface area contributed by atoms with Crippen LogP contribution in [0.4, 0.5) is 5.95 Å². The highest BCUT2D eigenvalue weighted by atomic mass is 32.1. The molecule has 0 spiro atoms. The van der Waals surface area contributed by atoms with Crippen molar-refractivity contribution in [2.45, 2.75) is 38.0 Å². The number of fused-ring (bicyclic) bond motifs is 1. The smallest absolute Gasteiger partial charge is 0.254 e. The van der Waals surface area contributed by atoms with Gasteiger partial charge in [0.15, 0.2) is 5.82 Å². The molecule has 2 saturated heterocycles. The van der Waals surface area contributed by atoms with Gasteiger partial charge in [-0.25, -0.2) is 19.9 Å². The van der Waals surface area contributed by atoms with E-state index in [0.29, 0.717) is 24.5 Å². The lowest BCUT2D eigenvalue weighted by molar-refractivity contribution is 0.0632. The molecule has 3 aromatic rings. The highest BCUT2D eigenvalue weighted by molar-refractivity contribution is 7.82. The second kappa shape index (κ2) is 7.85. The average Bonchev–Trinajstić information content (AvgIpc) is 2.76. The first kappa shape index (κ1) is 20.9. The van der Waals surface area contributed by atoms with Crippen LogP contribution in [0, 0.1) is 20.8 Å². The van der Waals surface area contributed by atoms with E-state index in [9.17, 15) is 4.79 Å². The summed E-state index contributed by atoms with van der Waals surface area (Å²) < 4.78 is -0.129. The second-order valence-corrected chi connectivity index (χ2v) is 9.71. The van der Waals surface area contributed by atoms with Crippen LogP contribution >= 0.6 is 12.6 Å². The van der Waals surface area contributed by atoms with Crippen molar-refractivity contribution in [2.75, 3.05) is 24.5 Å². The number of carbonyl (C=O) groups excluding carboxylic acids is 1. The number of likely N-dealkylation sites (tertiary alicyclic amines) is 1. The van der Waals surface area contributed by atoms with Gasteiger partial charge in [-0.05, 0) is 45.4 Å². The summed E-state index contributed by atoms with van der Waals surface area (Å²) in [6.07, 6.45) is 4.22. The van der Waals surface area contributed by atoms with Gasteiger partial charge in [-0.2, -0.15) is 12.6 Å². The first-order chi connectivity index (χ1) is 15.3. The van der Waals surface area contributed by atoms with Gasteiger partial charge in [0.1, 0.15) is 0 Å². The molecule has 2 aliphatic rings. The van der Waals surface area contributed by atoms with Crippen LogP contribution in [0.2, 0.25) is 0 Å². The molecule has 7 nitrogen and oxygen atoms in total. The summed E-state index contributed by atoms with van der Waals surface area (Å²) in [7, 11) is 0. The second-order valence-electron chi connectivity index (χ2n) is 8.82. The molecular weight excluding hydrogens is 420 g/mol. The Kier molecular flexibility index (Phi) is 5.12. The molecule has 2 aliphatic heterocycles. The van der Waals surface area contributed by atoms with Gasteiger partial charge in [0.05, 0.1) is 16.4 Å². The Bertz CT molecular complexity index is 1170. The molecule has 0 bridgehead atoms. The SMILES string of the molecule is Cc1ccc(-c2ncccn2)c(C(=O)N2CCC3(S)CN(c4nc(C)cc(C)n4)[C@H]3C2)c1. The predicted molar refractivity (Wildman–Crippen MR) is 127 cm³/mol. The van der Waals surface area contributed by atoms with Crippen molar-refractivity contribution < 1.29 is 4.79 Å². The third-order valence-corrected chi connectivity index (χ3v) is 7.04. The summed E-state index contributed by atoms with van der Waals surface area (Å²) in [5, 5.41) is 0. The normalized spacial score (nSPS) is 22.3. The van der Waals surface area contributed by atoms with E-state index in [4.69, 9.17) is 12.6 Å². The van der Waals surface area contributed by atoms with E-state index in [1.165, 1.54) is 0 Å². The molecule has 0 saturated carbocycles. The molecule has 2 atom stereocenters. The van der Waals surface area contributed by atoms with E-state index >= 15 is 0 Å². The molecule has 164 valence electrons. The number of piperidine rings is 1. The Hall–Kier alpha value is -3.00. The zero-order chi connectivity index (χ0) is 22.5. The van der Waals surface area contributed by atoms with Crippen molar-refractivity contribution in [3.05, 3.63) is 65.2 Å². The Morgan fingerprint density at radius 1 is 1.09 bits per heavy atom. The molecule has 32 heavy (non-hydrogen) atoms. The highest BCUT2D eigenvalue weighted by Gasteiger charge is 2.54. The Morgan fingerprint density at radius 3 is 2.53 bits per heavy atom. The molecule has 0 radical (unpaired) electrons. The molecule has 2 fully saturated rings. The lowest BCUT2D eigenvalue weighted by Gasteiger charge is -2.59. The van der Waals surface area contributed by atoms with Crippen LogP contribution in [0.5, 0.6) is 0 Å². The topological polar surface area (TPSA) is 75.1 Å². The largest absolute Gasteiger partial charge is 0.336 e. The molecule has 1 aromatic carbocycles. The number of hydrogen-bond acceptors (Lipinski definition) is 7. The van der Waals surface area contributed by atoms with Gasteiger partial charge >= 0.3 is 0 Å². The highest BCUT2D eigenvalue weighted by Crippen LogP contribution is 2.43. The summed E-state index contributed by atoms with van der Waals surface area (Å²) in [4.78, 5) is 35.8. The minimum Gasteiger partial charge on any atom is -0.336 e. The van der Waals surface area contributed by atoms with E-state index < -0.39 is 0 Å². The van der Waals surface area contributed by atoms with Crippen molar-refractivity contribution in [1.82, 2.24) is 24.8 Å². The number of benzene rings is 1. The summed E-state index contributed by atoms with van der Waals surface area (Å²) >= 11 is 5.00. The summed E-state index contributed by atoms with van der Waals surface area (Å²) in [5.74, 6) is 1.28.